The van der Waals surface area contributed by atoms with E-state index < -0.39 is 12.1 Å². The second kappa shape index (κ2) is 5.93. The minimum Gasteiger partial charge on any atom is -0.294 e. The molecule has 1 N–H and O–H groups in total. The average molecular weight is 295 g/mol. The Balaban J connectivity index is 2.06. The van der Waals surface area contributed by atoms with Crippen molar-refractivity contribution in [3.63, 3.8) is 0 Å². The molecule has 21 heavy (non-hydrogen) atoms. The SMILES string of the molecule is CCC(CC)N1C(=O)CC(NC2CC(=O)N(C)C2=O)C1=O. The van der Waals surface area contributed by atoms with Crippen molar-refractivity contribution in [2.75, 3.05) is 7.05 Å². The Morgan fingerprint density at radius 3 is 2.00 bits per heavy atom. The third-order valence-corrected chi connectivity index (χ3v) is 4.27. The summed E-state index contributed by atoms with van der Waals surface area (Å²) in [7, 11) is 1.42. The molecule has 0 bridgehead atoms. The van der Waals surface area contributed by atoms with E-state index in [1.807, 2.05) is 13.8 Å². The number of carbonyl (C=O) groups is 4. The van der Waals surface area contributed by atoms with E-state index in [2.05, 4.69) is 5.32 Å². The minimum atomic E-state index is -0.703. The van der Waals surface area contributed by atoms with E-state index in [0.29, 0.717) is 12.8 Å². The molecule has 2 heterocycles. The molecule has 0 aromatic heterocycles. The highest BCUT2D eigenvalue weighted by molar-refractivity contribution is 6.08. The molecule has 7 nitrogen and oxygen atoms in total. The van der Waals surface area contributed by atoms with Gasteiger partial charge in [0.25, 0.3) is 0 Å². The summed E-state index contributed by atoms with van der Waals surface area (Å²) in [5.41, 5.74) is 0. The van der Waals surface area contributed by atoms with Crippen LogP contribution in [0.3, 0.4) is 0 Å². The number of imide groups is 2. The van der Waals surface area contributed by atoms with E-state index >= 15 is 0 Å². The van der Waals surface area contributed by atoms with E-state index in [4.69, 9.17) is 0 Å². The summed E-state index contributed by atoms with van der Waals surface area (Å²) in [4.78, 5) is 50.1. The van der Waals surface area contributed by atoms with Crippen LogP contribution in [0.2, 0.25) is 0 Å². The van der Waals surface area contributed by atoms with Gasteiger partial charge in [-0.05, 0) is 12.8 Å². The second-order valence-electron chi connectivity index (χ2n) is 5.54. The van der Waals surface area contributed by atoms with Crippen LogP contribution in [0.1, 0.15) is 39.5 Å². The summed E-state index contributed by atoms with van der Waals surface area (Å²) >= 11 is 0. The van der Waals surface area contributed by atoms with Crippen molar-refractivity contribution in [2.24, 2.45) is 0 Å². The van der Waals surface area contributed by atoms with Crippen molar-refractivity contribution in [3.05, 3.63) is 0 Å². The lowest BCUT2D eigenvalue weighted by atomic mass is 10.1. The van der Waals surface area contributed by atoms with E-state index in [1.54, 1.807) is 0 Å². The molecule has 2 unspecified atom stereocenters. The molecule has 0 saturated carbocycles. The number of nitrogens with one attached hydrogen (secondary N) is 1. The molecule has 0 radical (unpaired) electrons. The quantitative estimate of drug-likeness (QED) is 0.701. The Morgan fingerprint density at radius 1 is 1.00 bits per heavy atom. The van der Waals surface area contributed by atoms with Gasteiger partial charge in [0.15, 0.2) is 0 Å². The van der Waals surface area contributed by atoms with Gasteiger partial charge in [0.05, 0.1) is 24.9 Å². The molecular weight excluding hydrogens is 274 g/mol. The fraction of sp³-hybridized carbons (Fsp3) is 0.714. The van der Waals surface area contributed by atoms with E-state index in [-0.39, 0.29) is 42.5 Å². The number of likely N-dealkylation sites (tertiary alicyclic amines) is 2. The van der Waals surface area contributed by atoms with Crippen LogP contribution < -0.4 is 5.32 Å². The van der Waals surface area contributed by atoms with Gasteiger partial charge in [0.2, 0.25) is 23.6 Å². The standard InChI is InChI=1S/C14H21N3O4/c1-4-8(5-2)17-12(19)7-10(14(17)21)15-9-6-11(18)16(3)13(9)20/h8-10,15H,4-7H2,1-3H3. The number of likely N-dealkylation sites (N-methyl/N-ethyl adjacent to an activating group) is 1. The summed E-state index contributed by atoms with van der Waals surface area (Å²) in [6.45, 7) is 3.87. The number of nitrogens with zero attached hydrogens (tertiary/aromatic N) is 2. The average Bonchev–Trinajstić information content (AvgIpc) is 2.86. The summed E-state index contributed by atoms with van der Waals surface area (Å²) in [6.07, 6.45) is 1.52. The lowest BCUT2D eigenvalue weighted by Crippen LogP contribution is -2.48. The zero-order chi connectivity index (χ0) is 15.7. The maximum Gasteiger partial charge on any atom is 0.247 e. The zero-order valence-electron chi connectivity index (χ0n) is 12.6. The number of amides is 4. The summed E-state index contributed by atoms with van der Waals surface area (Å²) in [6, 6.07) is -1.50. The van der Waals surface area contributed by atoms with E-state index in [9.17, 15) is 19.2 Å². The molecule has 7 heteroatoms. The van der Waals surface area contributed by atoms with Crippen LogP contribution in [0, 0.1) is 0 Å². The summed E-state index contributed by atoms with van der Waals surface area (Å²) in [5.74, 6) is -1.12. The highest BCUT2D eigenvalue weighted by Gasteiger charge is 2.45. The van der Waals surface area contributed by atoms with Gasteiger partial charge in [-0.2, -0.15) is 0 Å². The monoisotopic (exact) mass is 295 g/mol. The summed E-state index contributed by atoms with van der Waals surface area (Å²) in [5, 5.41) is 2.88. The fourth-order valence-corrected chi connectivity index (χ4v) is 2.95. The van der Waals surface area contributed by atoms with Gasteiger partial charge in [-0.15, -0.1) is 0 Å². The van der Waals surface area contributed by atoms with Crippen LogP contribution in [0.25, 0.3) is 0 Å². The Bertz CT molecular complexity index is 487. The molecule has 0 aromatic rings. The fourth-order valence-electron chi connectivity index (χ4n) is 2.95. The lowest BCUT2D eigenvalue weighted by Gasteiger charge is -2.24. The minimum absolute atomic E-state index is 0.0400. The molecule has 2 aliphatic heterocycles. The molecule has 0 spiro atoms. The molecule has 0 aliphatic carbocycles. The molecule has 4 amide bonds. The van der Waals surface area contributed by atoms with Gasteiger partial charge < -0.3 is 0 Å². The van der Waals surface area contributed by atoms with Crippen molar-refractivity contribution in [1.82, 2.24) is 15.1 Å². The maximum absolute atomic E-state index is 12.4. The smallest absolute Gasteiger partial charge is 0.247 e. The van der Waals surface area contributed by atoms with Gasteiger partial charge in [0, 0.05) is 13.1 Å². The molecular formula is C14H21N3O4. The van der Waals surface area contributed by atoms with Gasteiger partial charge in [-0.25, -0.2) is 0 Å². The Morgan fingerprint density at radius 2 is 1.52 bits per heavy atom. The highest BCUT2D eigenvalue weighted by atomic mass is 16.2. The lowest BCUT2D eigenvalue weighted by molar-refractivity contribution is -0.142. The van der Waals surface area contributed by atoms with Crippen molar-refractivity contribution in [2.45, 2.75) is 57.7 Å². The molecule has 2 fully saturated rings. The Labute approximate surface area is 123 Å². The van der Waals surface area contributed by atoms with Crippen LogP contribution in [0.15, 0.2) is 0 Å². The van der Waals surface area contributed by atoms with Crippen molar-refractivity contribution >= 4 is 23.6 Å². The maximum atomic E-state index is 12.4. The van der Waals surface area contributed by atoms with Crippen LogP contribution in [-0.2, 0) is 19.2 Å². The number of hydrogen-bond donors (Lipinski definition) is 1. The number of rotatable bonds is 5. The molecule has 2 rings (SSSR count). The van der Waals surface area contributed by atoms with Crippen LogP contribution in [0.5, 0.6) is 0 Å². The first kappa shape index (κ1) is 15.6. The zero-order valence-corrected chi connectivity index (χ0v) is 12.6. The van der Waals surface area contributed by atoms with Crippen LogP contribution in [0.4, 0.5) is 0 Å². The predicted octanol–water partition coefficient (Wildman–Crippen LogP) is -0.351. The van der Waals surface area contributed by atoms with Gasteiger partial charge in [0.1, 0.15) is 0 Å². The van der Waals surface area contributed by atoms with Crippen LogP contribution >= 0.6 is 0 Å². The van der Waals surface area contributed by atoms with Gasteiger partial charge in [-0.1, -0.05) is 13.8 Å². The van der Waals surface area contributed by atoms with Gasteiger partial charge in [-0.3, -0.25) is 34.3 Å². The molecule has 2 atom stereocenters. The predicted molar refractivity (Wildman–Crippen MR) is 73.9 cm³/mol. The molecule has 0 aromatic carbocycles. The Hall–Kier alpha value is -1.76. The Kier molecular flexibility index (Phi) is 4.41. The van der Waals surface area contributed by atoms with Crippen LogP contribution in [-0.4, -0.2) is 58.6 Å². The third kappa shape index (κ3) is 2.70. The first-order chi connectivity index (χ1) is 9.90. The molecule has 116 valence electrons. The van der Waals surface area contributed by atoms with Gasteiger partial charge >= 0.3 is 0 Å². The van der Waals surface area contributed by atoms with Crippen molar-refractivity contribution in [3.8, 4) is 0 Å². The largest absolute Gasteiger partial charge is 0.294 e. The summed E-state index contributed by atoms with van der Waals surface area (Å²) < 4.78 is 0. The number of carbonyl (C=O) groups excluding carboxylic acids is 4. The topological polar surface area (TPSA) is 86.8 Å². The van der Waals surface area contributed by atoms with Crippen molar-refractivity contribution < 1.29 is 19.2 Å². The van der Waals surface area contributed by atoms with E-state index in [1.165, 1.54) is 11.9 Å². The normalized spacial score (nSPS) is 26.7. The first-order valence-corrected chi connectivity index (χ1v) is 7.33. The number of hydrogen-bond acceptors (Lipinski definition) is 5. The second-order valence-corrected chi connectivity index (χ2v) is 5.54. The third-order valence-electron chi connectivity index (χ3n) is 4.27. The molecule has 2 aliphatic rings. The first-order valence-electron chi connectivity index (χ1n) is 7.33. The van der Waals surface area contributed by atoms with E-state index in [0.717, 1.165) is 4.90 Å². The van der Waals surface area contributed by atoms with Crippen molar-refractivity contribution in [1.29, 1.82) is 0 Å². The molecule has 2 saturated heterocycles. The highest BCUT2D eigenvalue weighted by Crippen LogP contribution is 2.22.